The summed E-state index contributed by atoms with van der Waals surface area (Å²) in [5.41, 5.74) is 13.3. The second-order valence-corrected chi connectivity index (χ2v) is 5.03. The number of aromatic hydroxyl groups is 1. The summed E-state index contributed by atoms with van der Waals surface area (Å²) in [6.07, 6.45) is 1.60. The van der Waals surface area contributed by atoms with Gasteiger partial charge in [-0.2, -0.15) is 0 Å². The molecular formula is C17H22N2O2. The van der Waals surface area contributed by atoms with Crippen LogP contribution in [0.15, 0.2) is 48.5 Å². The third kappa shape index (κ3) is 4.48. The molecule has 2 aromatic carbocycles. The molecule has 0 aromatic heterocycles. The Bertz CT molecular complexity index is 558. The van der Waals surface area contributed by atoms with E-state index in [0.717, 1.165) is 24.0 Å². The standard InChI is InChI=1S/C17H22N2O2/c18-10-4-7-16(19)15-9-8-14(11-17(15)20)21-12-13-5-2-1-3-6-13/h1-3,5-6,8-9,11,16,20H,4,7,10,12,18-19H2/t16-/m1/s1. The summed E-state index contributed by atoms with van der Waals surface area (Å²) in [6, 6.07) is 15.0. The first kappa shape index (κ1) is 15.4. The van der Waals surface area contributed by atoms with Crippen molar-refractivity contribution in [1.29, 1.82) is 0 Å². The van der Waals surface area contributed by atoms with Crippen LogP contribution in [0.5, 0.6) is 11.5 Å². The van der Waals surface area contributed by atoms with Gasteiger partial charge in [0.15, 0.2) is 0 Å². The van der Waals surface area contributed by atoms with E-state index in [0.29, 0.717) is 18.9 Å². The molecule has 1 atom stereocenters. The van der Waals surface area contributed by atoms with E-state index < -0.39 is 0 Å². The van der Waals surface area contributed by atoms with Crippen molar-refractivity contribution in [3.63, 3.8) is 0 Å². The van der Waals surface area contributed by atoms with Crippen LogP contribution >= 0.6 is 0 Å². The first-order valence-electron chi connectivity index (χ1n) is 7.16. The van der Waals surface area contributed by atoms with Crippen LogP contribution in [0.2, 0.25) is 0 Å². The maximum absolute atomic E-state index is 10.1. The summed E-state index contributed by atoms with van der Waals surface area (Å²) < 4.78 is 5.67. The van der Waals surface area contributed by atoms with Crippen molar-refractivity contribution in [2.45, 2.75) is 25.5 Å². The first-order valence-corrected chi connectivity index (χ1v) is 7.16. The minimum Gasteiger partial charge on any atom is -0.507 e. The summed E-state index contributed by atoms with van der Waals surface area (Å²) in [7, 11) is 0. The molecular weight excluding hydrogens is 264 g/mol. The summed E-state index contributed by atoms with van der Waals surface area (Å²) in [5, 5.41) is 10.1. The Morgan fingerprint density at radius 2 is 1.86 bits per heavy atom. The van der Waals surface area contributed by atoms with E-state index in [4.69, 9.17) is 16.2 Å². The summed E-state index contributed by atoms with van der Waals surface area (Å²) in [4.78, 5) is 0. The molecule has 0 unspecified atom stereocenters. The maximum atomic E-state index is 10.1. The van der Waals surface area contributed by atoms with Crippen molar-refractivity contribution in [2.75, 3.05) is 6.54 Å². The molecule has 0 bridgehead atoms. The Labute approximate surface area is 125 Å². The molecule has 0 aliphatic heterocycles. The third-order valence-corrected chi connectivity index (χ3v) is 3.37. The van der Waals surface area contributed by atoms with Gasteiger partial charge < -0.3 is 21.3 Å². The van der Waals surface area contributed by atoms with Gasteiger partial charge >= 0.3 is 0 Å². The van der Waals surface area contributed by atoms with E-state index in [1.165, 1.54) is 0 Å². The molecule has 0 saturated carbocycles. The zero-order valence-electron chi connectivity index (χ0n) is 12.0. The third-order valence-electron chi connectivity index (χ3n) is 3.37. The molecule has 0 aliphatic rings. The second kappa shape index (κ2) is 7.67. The molecule has 4 nitrogen and oxygen atoms in total. The Morgan fingerprint density at radius 1 is 1.10 bits per heavy atom. The van der Waals surface area contributed by atoms with Crippen molar-refractivity contribution >= 4 is 0 Å². The molecule has 0 aliphatic carbocycles. The van der Waals surface area contributed by atoms with Crippen LogP contribution in [0, 0.1) is 0 Å². The molecule has 2 aromatic rings. The smallest absolute Gasteiger partial charge is 0.124 e. The molecule has 0 amide bonds. The second-order valence-electron chi connectivity index (χ2n) is 5.03. The van der Waals surface area contributed by atoms with Crippen molar-refractivity contribution < 1.29 is 9.84 Å². The fourth-order valence-electron chi connectivity index (χ4n) is 2.16. The number of rotatable bonds is 7. The van der Waals surface area contributed by atoms with E-state index >= 15 is 0 Å². The lowest BCUT2D eigenvalue weighted by Gasteiger charge is -2.14. The van der Waals surface area contributed by atoms with Crippen LogP contribution in [0.25, 0.3) is 0 Å². The monoisotopic (exact) mass is 286 g/mol. The van der Waals surface area contributed by atoms with Crippen LogP contribution in [0.3, 0.4) is 0 Å². The maximum Gasteiger partial charge on any atom is 0.124 e. The lowest BCUT2D eigenvalue weighted by Crippen LogP contribution is -2.12. The van der Waals surface area contributed by atoms with Gasteiger partial charge in [0.1, 0.15) is 18.1 Å². The van der Waals surface area contributed by atoms with Crippen LogP contribution in [-0.4, -0.2) is 11.7 Å². The lowest BCUT2D eigenvalue weighted by molar-refractivity contribution is 0.304. The van der Waals surface area contributed by atoms with Gasteiger partial charge in [-0.1, -0.05) is 36.4 Å². The zero-order valence-corrected chi connectivity index (χ0v) is 12.0. The first-order chi connectivity index (χ1) is 10.2. The van der Waals surface area contributed by atoms with Crippen LogP contribution in [0.4, 0.5) is 0 Å². The van der Waals surface area contributed by atoms with E-state index in [2.05, 4.69) is 0 Å². The molecule has 5 N–H and O–H groups in total. The number of ether oxygens (including phenoxy) is 1. The Hall–Kier alpha value is -2.04. The molecule has 0 radical (unpaired) electrons. The number of hydrogen-bond acceptors (Lipinski definition) is 4. The van der Waals surface area contributed by atoms with Gasteiger partial charge in [0, 0.05) is 17.7 Å². The molecule has 4 heteroatoms. The highest BCUT2D eigenvalue weighted by Gasteiger charge is 2.11. The van der Waals surface area contributed by atoms with Crippen LogP contribution in [0.1, 0.15) is 30.0 Å². The largest absolute Gasteiger partial charge is 0.507 e. The van der Waals surface area contributed by atoms with Crippen molar-refractivity contribution in [2.24, 2.45) is 11.5 Å². The average molecular weight is 286 g/mol. The highest BCUT2D eigenvalue weighted by atomic mass is 16.5. The van der Waals surface area contributed by atoms with E-state index in [1.807, 2.05) is 42.5 Å². The summed E-state index contributed by atoms with van der Waals surface area (Å²) in [5.74, 6) is 0.802. The van der Waals surface area contributed by atoms with Gasteiger partial charge in [-0.3, -0.25) is 0 Å². The summed E-state index contributed by atoms with van der Waals surface area (Å²) >= 11 is 0. The molecule has 0 heterocycles. The number of hydrogen-bond donors (Lipinski definition) is 3. The quantitative estimate of drug-likeness (QED) is 0.731. The molecule has 112 valence electrons. The van der Waals surface area contributed by atoms with Gasteiger partial charge in [0.2, 0.25) is 0 Å². The van der Waals surface area contributed by atoms with Gasteiger partial charge in [0.05, 0.1) is 0 Å². The normalized spacial score (nSPS) is 12.1. The topological polar surface area (TPSA) is 81.5 Å². The Balaban J connectivity index is 1.98. The van der Waals surface area contributed by atoms with E-state index in [9.17, 15) is 5.11 Å². The van der Waals surface area contributed by atoms with Crippen LogP contribution < -0.4 is 16.2 Å². The SMILES string of the molecule is NCCC[C@@H](N)c1ccc(OCc2ccccc2)cc1O. The van der Waals surface area contributed by atoms with E-state index in [-0.39, 0.29) is 11.8 Å². The van der Waals surface area contributed by atoms with Gasteiger partial charge in [-0.05, 0) is 31.0 Å². The number of benzene rings is 2. The zero-order chi connectivity index (χ0) is 15.1. The highest BCUT2D eigenvalue weighted by Crippen LogP contribution is 2.29. The average Bonchev–Trinajstić information content (AvgIpc) is 2.51. The number of phenolic OH excluding ortho intramolecular Hbond substituents is 1. The van der Waals surface area contributed by atoms with Gasteiger partial charge in [-0.25, -0.2) is 0 Å². The Kier molecular flexibility index (Phi) is 5.60. The fraction of sp³-hybridized carbons (Fsp3) is 0.294. The van der Waals surface area contributed by atoms with Gasteiger partial charge in [-0.15, -0.1) is 0 Å². The summed E-state index contributed by atoms with van der Waals surface area (Å²) in [6.45, 7) is 1.07. The molecule has 0 saturated heterocycles. The minimum absolute atomic E-state index is 0.171. The molecule has 21 heavy (non-hydrogen) atoms. The highest BCUT2D eigenvalue weighted by molar-refractivity contribution is 5.41. The number of nitrogens with two attached hydrogens (primary N) is 2. The predicted molar refractivity (Wildman–Crippen MR) is 84.1 cm³/mol. The Morgan fingerprint density at radius 3 is 2.52 bits per heavy atom. The number of phenols is 1. The van der Waals surface area contributed by atoms with Gasteiger partial charge in [0.25, 0.3) is 0 Å². The van der Waals surface area contributed by atoms with Crippen molar-refractivity contribution in [3.8, 4) is 11.5 Å². The van der Waals surface area contributed by atoms with E-state index in [1.54, 1.807) is 6.07 Å². The molecule has 2 rings (SSSR count). The minimum atomic E-state index is -0.197. The van der Waals surface area contributed by atoms with Crippen molar-refractivity contribution in [3.05, 3.63) is 59.7 Å². The van der Waals surface area contributed by atoms with Crippen LogP contribution in [-0.2, 0) is 6.61 Å². The fourth-order valence-corrected chi connectivity index (χ4v) is 2.16. The predicted octanol–water partition coefficient (Wildman–Crippen LogP) is 2.71. The molecule has 0 spiro atoms. The molecule has 0 fully saturated rings. The van der Waals surface area contributed by atoms with Crippen molar-refractivity contribution in [1.82, 2.24) is 0 Å². The lowest BCUT2D eigenvalue weighted by atomic mass is 10.0.